The predicted octanol–water partition coefficient (Wildman–Crippen LogP) is 0.810. The minimum atomic E-state index is -0.424. The van der Waals surface area contributed by atoms with Gasteiger partial charge in [-0.15, -0.1) is 0 Å². The fraction of sp³-hybridized carbons (Fsp3) is 0.636. The Morgan fingerprint density at radius 1 is 1.69 bits per heavy atom. The van der Waals surface area contributed by atoms with Crippen LogP contribution in [0.15, 0.2) is 12.4 Å². The Labute approximate surface area is 95.0 Å². The van der Waals surface area contributed by atoms with Crippen LogP contribution in [0.4, 0.5) is 0 Å². The molecule has 0 spiro atoms. The van der Waals surface area contributed by atoms with Crippen molar-refractivity contribution < 1.29 is 4.79 Å². The monoisotopic (exact) mass is 222 g/mol. The quantitative estimate of drug-likeness (QED) is 0.777. The molecule has 2 atom stereocenters. The van der Waals surface area contributed by atoms with Crippen molar-refractivity contribution in [1.29, 1.82) is 0 Å². The van der Waals surface area contributed by atoms with Gasteiger partial charge >= 0.3 is 0 Å². The van der Waals surface area contributed by atoms with Crippen LogP contribution in [0, 0.1) is 0 Å². The minimum Gasteiger partial charge on any atom is -0.334 e. The highest BCUT2D eigenvalue weighted by Crippen LogP contribution is 2.30. The number of hydrogen-bond acceptors (Lipinski definition) is 3. The fourth-order valence-electron chi connectivity index (χ4n) is 2.25. The molecule has 2 unspecified atom stereocenters. The van der Waals surface area contributed by atoms with Crippen LogP contribution in [0.5, 0.6) is 0 Å². The summed E-state index contributed by atoms with van der Waals surface area (Å²) in [4.78, 5) is 13.9. The molecule has 2 heterocycles. The van der Waals surface area contributed by atoms with Gasteiger partial charge in [0, 0.05) is 18.3 Å². The number of rotatable bonds is 2. The number of aromatic amines is 1. The highest BCUT2D eigenvalue weighted by molar-refractivity contribution is 5.81. The number of nitrogens with zero attached hydrogens (tertiary/aromatic N) is 2. The number of nitrogens with one attached hydrogen (secondary N) is 1. The standard InChI is InChI=1S/C11H18N4O/c1-8(12)11(16)15-5-3-2-4-10(15)9-6-13-14-7-9/h6-8,10H,2-5,12H2,1H3,(H,13,14). The number of H-pyrrole nitrogens is 1. The molecule has 1 aromatic heterocycles. The molecule has 2 rings (SSSR count). The van der Waals surface area contributed by atoms with E-state index in [1.807, 2.05) is 11.1 Å². The largest absolute Gasteiger partial charge is 0.334 e. The lowest BCUT2D eigenvalue weighted by atomic mass is 9.97. The van der Waals surface area contributed by atoms with Crippen LogP contribution in [0.3, 0.4) is 0 Å². The molecule has 1 fully saturated rings. The number of carbonyl (C=O) groups is 1. The van der Waals surface area contributed by atoms with Gasteiger partial charge in [0.05, 0.1) is 18.3 Å². The van der Waals surface area contributed by atoms with Gasteiger partial charge in [0.25, 0.3) is 0 Å². The average molecular weight is 222 g/mol. The topological polar surface area (TPSA) is 75.0 Å². The zero-order valence-electron chi connectivity index (χ0n) is 9.52. The second kappa shape index (κ2) is 4.65. The Kier molecular flexibility index (Phi) is 3.24. The molecule has 1 aliphatic heterocycles. The maximum atomic E-state index is 12.0. The lowest BCUT2D eigenvalue weighted by molar-refractivity contribution is -0.136. The van der Waals surface area contributed by atoms with Crippen molar-refractivity contribution >= 4 is 5.91 Å². The molecular formula is C11H18N4O. The van der Waals surface area contributed by atoms with Gasteiger partial charge < -0.3 is 10.6 Å². The first-order valence-electron chi connectivity index (χ1n) is 5.75. The number of piperidine rings is 1. The van der Waals surface area contributed by atoms with Crippen molar-refractivity contribution in [2.24, 2.45) is 5.73 Å². The molecule has 0 saturated carbocycles. The molecular weight excluding hydrogens is 204 g/mol. The Balaban J connectivity index is 2.17. The summed E-state index contributed by atoms with van der Waals surface area (Å²) in [6, 6.07) is -0.279. The van der Waals surface area contributed by atoms with Crippen molar-refractivity contribution in [1.82, 2.24) is 15.1 Å². The number of aromatic nitrogens is 2. The van der Waals surface area contributed by atoms with Crippen LogP contribution in [-0.4, -0.2) is 33.6 Å². The van der Waals surface area contributed by atoms with E-state index in [0.29, 0.717) is 0 Å². The number of likely N-dealkylation sites (tertiary alicyclic amines) is 1. The van der Waals surface area contributed by atoms with Gasteiger partial charge in [-0.2, -0.15) is 5.10 Å². The summed E-state index contributed by atoms with van der Waals surface area (Å²) in [5, 5.41) is 6.74. The normalized spacial score (nSPS) is 23.1. The first-order valence-corrected chi connectivity index (χ1v) is 5.75. The van der Waals surface area contributed by atoms with E-state index >= 15 is 0 Å². The minimum absolute atomic E-state index is 0.0332. The van der Waals surface area contributed by atoms with Crippen LogP contribution >= 0.6 is 0 Å². The summed E-state index contributed by atoms with van der Waals surface area (Å²) in [5.41, 5.74) is 6.75. The van der Waals surface area contributed by atoms with Crippen molar-refractivity contribution in [2.75, 3.05) is 6.54 Å². The average Bonchev–Trinajstić information content (AvgIpc) is 2.81. The van der Waals surface area contributed by atoms with Crippen LogP contribution in [0.1, 0.15) is 37.8 Å². The summed E-state index contributed by atoms with van der Waals surface area (Å²) < 4.78 is 0. The van der Waals surface area contributed by atoms with Gasteiger partial charge in [-0.25, -0.2) is 0 Å². The fourth-order valence-corrected chi connectivity index (χ4v) is 2.25. The van der Waals surface area contributed by atoms with Gasteiger partial charge in [-0.1, -0.05) is 0 Å². The molecule has 1 aliphatic rings. The molecule has 5 heteroatoms. The Morgan fingerprint density at radius 2 is 2.50 bits per heavy atom. The summed E-state index contributed by atoms with van der Waals surface area (Å²) >= 11 is 0. The van der Waals surface area contributed by atoms with E-state index in [0.717, 1.165) is 31.4 Å². The third-order valence-corrected chi connectivity index (χ3v) is 3.08. The SMILES string of the molecule is CC(N)C(=O)N1CCCCC1c1cn[nH]c1. The molecule has 1 aromatic rings. The zero-order valence-corrected chi connectivity index (χ0v) is 9.52. The molecule has 16 heavy (non-hydrogen) atoms. The third kappa shape index (κ3) is 2.09. The number of amides is 1. The summed E-state index contributed by atoms with van der Waals surface area (Å²) in [6.45, 7) is 2.54. The van der Waals surface area contributed by atoms with Crippen molar-refractivity contribution in [2.45, 2.75) is 38.3 Å². The van der Waals surface area contributed by atoms with Crippen LogP contribution in [0.25, 0.3) is 0 Å². The summed E-state index contributed by atoms with van der Waals surface area (Å²) in [5.74, 6) is 0.0332. The first-order chi connectivity index (χ1) is 7.70. The Morgan fingerprint density at radius 3 is 3.12 bits per heavy atom. The smallest absolute Gasteiger partial charge is 0.239 e. The Hall–Kier alpha value is -1.36. The Bertz CT molecular complexity index is 347. The van der Waals surface area contributed by atoms with Gasteiger partial charge in [0.1, 0.15) is 0 Å². The predicted molar refractivity (Wildman–Crippen MR) is 60.5 cm³/mol. The second-order valence-electron chi connectivity index (χ2n) is 4.36. The van der Waals surface area contributed by atoms with Gasteiger partial charge in [-0.3, -0.25) is 9.89 Å². The van der Waals surface area contributed by atoms with E-state index in [-0.39, 0.29) is 11.9 Å². The lowest BCUT2D eigenvalue weighted by Gasteiger charge is -2.36. The van der Waals surface area contributed by atoms with E-state index in [2.05, 4.69) is 10.2 Å². The molecule has 0 aliphatic carbocycles. The molecule has 88 valence electrons. The maximum absolute atomic E-state index is 12.0. The van der Waals surface area contributed by atoms with Crippen molar-refractivity contribution in [3.63, 3.8) is 0 Å². The summed E-state index contributed by atoms with van der Waals surface area (Å²) in [7, 11) is 0. The van der Waals surface area contributed by atoms with Crippen LogP contribution in [-0.2, 0) is 4.79 Å². The molecule has 0 radical (unpaired) electrons. The van der Waals surface area contributed by atoms with Crippen molar-refractivity contribution in [3.8, 4) is 0 Å². The van der Waals surface area contributed by atoms with E-state index in [1.54, 1.807) is 13.1 Å². The van der Waals surface area contributed by atoms with Crippen LogP contribution < -0.4 is 5.73 Å². The zero-order chi connectivity index (χ0) is 11.5. The number of nitrogens with two attached hydrogens (primary N) is 1. The molecule has 1 amide bonds. The molecule has 3 N–H and O–H groups in total. The summed E-state index contributed by atoms with van der Waals surface area (Å²) in [6.07, 6.45) is 6.86. The van der Waals surface area contributed by atoms with E-state index in [9.17, 15) is 4.79 Å². The van der Waals surface area contributed by atoms with Gasteiger partial charge in [-0.05, 0) is 26.2 Å². The first kappa shape index (κ1) is 11.1. The van der Waals surface area contributed by atoms with Gasteiger partial charge in [0.2, 0.25) is 5.91 Å². The van der Waals surface area contributed by atoms with Gasteiger partial charge in [0.15, 0.2) is 0 Å². The maximum Gasteiger partial charge on any atom is 0.239 e. The van der Waals surface area contributed by atoms with Crippen molar-refractivity contribution in [3.05, 3.63) is 18.0 Å². The molecule has 5 nitrogen and oxygen atoms in total. The van der Waals surface area contributed by atoms with Crippen LogP contribution in [0.2, 0.25) is 0 Å². The lowest BCUT2D eigenvalue weighted by Crippen LogP contribution is -2.46. The highest BCUT2D eigenvalue weighted by Gasteiger charge is 2.29. The second-order valence-corrected chi connectivity index (χ2v) is 4.36. The highest BCUT2D eigenvalue weighted by atomic mass is 16.2. The number of hydrogen-bond donors (Lipinski definition) is 2. The van der Waals surface area contributed by atoms with E-state index in [4.69, 9.17) is 5.73 Å². The third-order valence-electron chi connectivity index (χ3n) is 3.08. The molecule has 0 aromatic carbocycles. The van der Waals surface area contributed by atoms with E-state index in [1.165, 1.54) is 0 Å². The number of carbonyl (C=O) groups excluding carboxylic acids is 1. The molecule has 1 saturated heterocycles. The molecule has 0 bridgehead atoms. The van der Waals surface area contributed by atoms with E-state index < -0.39 is 6.04 Å².